The molecule has 2 fully saturated rings. The minimum atomic E-state index is -2.19. The Morgan fingerprint density at radius 1 is 1.37 bits per heavy atom. The van der Waals surface area contributed by atoms with Crippen LogP contribution in [-0.2, 0) is 25.5 Å². The van der Waals surface area contributed by atoms with Gasteiger partial charge in [0.15, 0.2) is 19.2 Å². The summed E-state index contributed by atoms with van der Waals surface area (Å²) in [6, 6.07) is 1.22. The van der Waals surface area contributed by atoms with Crippen LogP contribution in [0.25, 0.3) is 0 Å². The van der Waals surface area contributed by atoms with Gasteiger partial charge in [-0.25, -0.2) is 4.79 Å². The normalized spacial score (nSPS) is 29.4. The summed E-state index contributed by atoms with van der Waals surface area (Å²) >= 11 is 8.96. The molecule has 0 saturated carbocycles. The SMILES string of the molecule is CC(C)(C)[Si](C)(C)OC[C@H]1O[C@@H](n2ccc(=O)[nH]c2=O)[C@H](O)[C@@H]1OP1(=S)SCCS1. The Bertz CT molecular complexity index is 923. The second-order valence-corrected chi connectivity index (χ2v) is 24.3. The average Bonchev–Trinajstić information content (AvgIpc) is 3.18. The minimum Gasteiger partial charge on any atom is -0.414 e. The quantitative estimate of drug-likeness (QED) is 0.440. The summed E-state index contributed by atoms with van der Waals surface area (Å²) in [5.41, 5.74) is -1.16. The smallest absolute Gasteiger partial charge is 0.330 e. The Kier molecular flexibility index (Phi) is 7.54. The number of hydrogen-bond donors (Lipinski definition) is 2. The Morgan fingerprint density at radius 2 is 2.00 bits per heavy atom. The summed E-state index contributed by atoms with van der Waals surface area (Å²) < 4.78 is 17.7. The van der Waals surface area contributed by atoms with Crippen LogP contribution in [0.1, 0.15) is 27.0 Å². The highest BCUT2D eigenvalue weighted by Crippen LogP contribution is 2.75. The van der Waals surface area contributed by atoms with Gasteiger partial charge in [0.25, 0.3) is 5.56 Å². The van der Waals surface area contributed by atoms with E-state index in [1.165, 1.54) is 16.8 Å². The molecule has 2 aliphatic heterocycles. The van der Waals surface area contributed by atoms with Gasteiger partial charge >= 0.3 is 5.69 Å². The first-order chi connectivity index (χ1) is 13.8. The molecule has 2 aliphatic rings. The Hall–Kier alpha value is 0.0869. The van der Waals surface area contributed by atoms with Gasteiger partial charge in [0.2, 0.25) is 0 Å². The van der Waals surface area contributed by atoms with Crippen molar-refractivity contribution in [3.63, 3.8) is 0 Å². The van der Waals surface area contributed by atoms with Crippen LogP contribution in [0.3, 0.4) is 0 Å². The number of nitrogens with zero attached hydrogens (tertiary/aromatic N) is 1. The van der Waals surface area contributed by atoms with Gasteiger partial charge in [-0.3, -0.25) is 14.3 Å². The molecule has 1 aromatic rings. The first kappa shape index (κ1) is 24.7. The summed E-state index contributed by atoms with van der Waals surface area (Å²) in [5, 5.41) is 11.1. The van der Waals surface area contributed by atoms with Gasteiger partial charge in [-0.15, -0.1) is 0 Å². The van der Waals surface area contributed by atoms with Crippen LogP contribution in [0, 0.1) is 0 Å². The predicted molar refractivity (Wildman–Crippen MR) is 128 cm³/mol. The molecule has 3 rings (SSSR count). The van der Waals surface area contributed by atoms with E-state index < -0.39 is 48.8 Å². The topological polar surface area (TPSA) is 103 Å². The maximum atomic E-state index is 12.3. The highest BCUT2D eigenvalue weighted by molar-refractivity contribution is 9.00. The van der Waals surface area contributed by atoms with Crippen molar-refractivity contribution in [2.75, 3.05) is 18.1 Å². The van der Waals surface area contributed by atoms with Crippen molar-refractivity contribution in [1.29, 1.82) is 0 Å². The number of nitrogens with one attached hydrogen (secondary N) is 1. The highest BCUT2D eigenvalue weighted by Gasteiger charge is 2.50. The fourth-order valence-corrected chi connectivity index (χ4v) is 13.2. The Morgan fingerprint density at radius 3 is 2.57 bits per heavy atom. The summed E-state index contributed by atoms with van der Waals surface area (Å²) in [6.07, 6.45) is -2.10. The van der Waals surface area contributed by atoms with Crippen LogP contribution < -0.4 is 11.2 Å². The van der Waals surface area contributed by atoms with Crippen LogP contribution in [0.2, 0.25) is 18.1 Å². The molecule has 0 unspecified atom stereocenters. The molecule has 13 heteroatoms. The van der Waals surface area contributed by atoms with Crippen molar-refractivity contribution in [3.05, 3.63) is 33.1 Å². The fraction of sp³-hybridized carbons (Fsp3) is 0.765. The van der Waals surface area contributed by atoms with Crippen molar-refractivity contribution in [2.24, 2.45) is 0 Å². The molecule has 0 amide bonds. The van der Waals surface area contributed by atoms with Crippen LogP contribution in [0.5, 0.6) is 0 Å². The van der Waals surface area contributed by atoms with E-state index in [0.717, 1.165) is 11.5 Å². The van der Waals surface area contributed by atoms with E-state index in [9.17, 15) is 14.7 Å². The zero-order valence-electron chi connectivity index (χ0n) is 17.7. The van der Waals surface area contributed by atoms with E-state index in [1.807, 2.05) is 0 Å². The van der Waals surface area contributed by atoms with E-state index in [2.05, 4.69) is 38.8 Å². The van der Waals surface area contributed by atoms with Gasteiger partial charge in [0, 0.05) is 23.8 Å². The molecule has 0 aromatic carbocycles. The predicted octanol–water partition coefficient (Wildman–Crippen LogP) is 2.91. The molecule has 0 bridgehead atoms. The van der Waals surface area contributed by atoms with Crippen LogP contribution >= 0.6 is 27.4 Å². The second-order valence-electron chi connectivity index (χ2n) is 8.83. The van der Waals surface area contributed by atoms with Gasteiger partial charge in [-0.1, -0.05) is 43.5 Å². The van der Waals surface area contributed by atoms with Crippen molar-refractivity contribution >= 4 is 47.6 Å². The minimum absolute atomic E-state index is 0.0131. The van der Waals surface area contributed by atoms with Gasteiger partial charge < -0.3 is 18.8 Å². The van der Waals surface area contributed by atoms with E-state index in [0.29, 0.717) is 0 Å². The van der Waals surface area contributed by atoms with E-state index in [1.54, 1.807) is 22.8 Å². The number of aromatic nitrogens is 2. The molecule has 30 heavy (non-hydrogen) atoms. The molecule has 170 valence electrons. The lowest BCUT2D eigenvalue weighted by Gasteiger charge is -2.37. The average molecular weight is 513 g/mol. The summed E-state index contributed by atoms with van der Waals surface area (Å²) in [5.74, 6) is 1.83. The molecule has 3 heterocycles. The third kappa shape index (κ3) is 5.35. The number of rotatable bonds is 6. The summed E-state index contributed by atoms with van der Waals surface area (Å²) in [6.45, 7) is 11.0. The third-order valence-corrected chi connectivity index (χ3v) is 19.9. The van der Waals surface area contributed by atoms with E-state index >= 15 is 0 Å². The molecule has 0 radical (unpaired) electrons. The Labute approximate surface area is 190 Å². The first-order valence-electron chi connectivity index (χ1n) is 9.69. The molecular formula is C17H29N2O6PS3Si. The lowest BCUT2D eigenvalue weighted by Crippen LogP contribution is -2.44. The molecule has 2 saturated heterocycles. The zero-order chi connectivity index (χ0) is 22.3. The van der Waals surface area contributed by atoms with Crippen molar-refractivity contribution in [3.8, 4) is 0 Å². The van der Waals surface area contributed by atoms with Crippen molar-refractivity contribution in [2.45, 2.75) is 63.4 Å². The standard InChI is InChI=1S/C17H29N2O6PS3Si/c1-17(2,3)30(4,5)23-10-11-14(25-26(27)28-8-9-29-26)13(21)15(24-11)19-7-6-12(20)18-16(19)22/h6-7,11,13-15,21H,8-10H2,1-5H3,(H,18,20,22)/t11-,13-,14-,15-/m1/s1. The number of H-pyrrole nitrogens is 1. The van der Waals surface area contributed by atoms with Crippen molar-refractivity contribution in [1.82, 2.24) is 9.55 Å². The van der Waals surface area contributed by atoms with Crippen molar-refractivity contribution < 1.29 is 18.8 Å². The van der Waals surface area contributed by atoms with E-state index in [4.69, 9.17) is 25.5 Å². The molecule has 0 spiro atoms. The number of hydrogen-bond acceptors (Lipinski definition) is 9. The van der Waals surface area contributed by atoms with Gasteiger partial charge in [-0.05, 0) is 29.9 Å². The third-order valence-electron chi connectivity index (χ3n) is 5.68. The molecule has 8 nitrogen and oxygen atoms in total. The lowest BCUT2D eigenvalue weighted by atomic mass is 10.1. The molecular weight excluding hydrogens is 483 g/mol. The highest BCUT2D eigenvalue weighted by atomic mass is 33.2. The second kappa shape index (κ2) is 9.15. The van der Waals surface area contributed by atoms with Gasteiger partial charge in [0.05, 0.1) is 6.61 Å². The molecule has 0 aliphatic carbocycles. The van der Waals surface area contributed by atoms with Gasteiger partial charge in [0.1, 0.15) is 18.3 Å². The van der Waals surface area contributed by atoms with Crippen LogP contribution in [0.15, 0.2) is 21.9 Å². The first-order valence-corrected chi connectivity index (χ1v) is 18.5. The molecule has 2 N–H and O–H groups in total. The maximum absolute atomic E-state index is 12.3. The lowest BCUT2D eigenvalue weighted by molar-refractivity contribution is -0.0525. The molecule has 1 aromatic heterocycles. The number of ether oxygens (including phenoxy) is 1. The largest absolute Gasteiger partial charge is 0.414 e. The van der Waals surface area contributed by atoms with E-state index in [-0.39, 0.29) is 11.6 Å². The zero-order valence-corrected chi connectivity index (χ0v) is 22.0. The van der Waals surface area contributed by atoms with Crippen LogP contribution in [-0.4, -0.2) is 59.4 Å². The number of aromatic amines is 1. The fourth-order valence-electron chi connectivity index (χ4n) is 2.89. The maximum Gasteiger partial charge on any atom is 0.330 e. The summed E-state index contributed by atoms with van der Waals surface area (Å²) in [4.78, 5) is 25.9. The summed E-state index contributed by atoms with van der Waals surface area (Å²) in [7, 11) is -2.07. The number of aliphatic hydroxyl groups is 1. The number of aliphatic hydroxyl groups excluding tert-OH is 1. The van der Waals surface area contributed by atoms with Crippen LogP contribution in [0.4, 0.5) is 0 Å². The van der Waals surface area contributed by atoms with Gasteiger partial charge in [-0.2, -0.15) is 0 Å². The molecule has 4 atom stereocenters. The Balaban J connectivity index is 1.86. The monoisotopic (exact) mass is 512 g/mol.